The quantitative estimate of drug-likeness (QED) is 0.420. The number of nitrogens with two attached hydrogens (primary N) is 1. The molecule has 2 aliphatic rings. The third-order valence-corrected chi connectivity index (χ3v) is 3.54. The van der Waals surface area contributed by atoms with Crippen LogP contribution in [0.1, 0.15) is 32.6 Å². The largest absolute Gasteiger partial charge is 0.347 e. The summed E-state index contributed by atoms with van der Waals surface area (Å²) in [6.45, 7) is 5.50. The van der Waals surface area contributed by atoms with Gasteiger partial charge in [-0.1, -0.05) is 6.42 Å². The molecule has 0 aromatic carbocycles. The summed E-state index contributed by atoms with van der Waals surface area (Å²) in [5, 5.41) is 0. The predicted octanol–water partition coefficient (Wildman–Crippen LogP) is -0.0161. The lowest BCUT2D eigenvalue weighted by atomic mass is 10.1. The number of hydrogen-bond acceptors (Lipinski definition) is 5. The zero-order valence-corrected chi connectivity index (χ0v) is 11.0. The van der Waals surface area contributed by atoms with Crippen LogP contribution in [0, 0.1) is 0 Å². The van der Waals surface area contributed by atoms with Crippen LogP contribution >= 0.6 is 0 Å². The second-order valence-electron chi connectivity index (χ2n) is 5.29. The third-order valence-electron chi connectivity index (χ3n) is 3.54. The fourth-order valence-corrected chi connectivity index (χ4v) is 2.65. The van der Waals surface area contributed by atoms with Crippen molar-refractivity contribution in [2.75, 3.05) is 26.2 Å². The van der Waals surface area contributed by atoms with Crippen molar-refractivity contribution in [1.82, 2.24) is 10.3 Å². The molecular formula is C12H23N3O3. The van der Waals surface area contributed by atoms with E-state index in [1.54, 1.807) is 6.92 Å². The van der Waals surface area contributed by atoms with E-state index in [9.17, 15) is 4.79 Å². The highest BCUT2D eigenvalue weighted by molar-refractivity contribution is 5.76. The Morgan fingerprint density at radius 1 is 1.44 bits per heavy atom. The number of piperidine rings is 1. The van der Waals surface area contributed by atoms with Crippen LogP contribution < -0.4 is 11.3 Å². The molecule has 0 aromatic rings. The minimum absolute atomic E-state index is 0.0543. The van der Waals surface area contributed by atoms with Crippen molar-refractivity contribution in [3.63, 3.8) is 0 Å². The van der Waals surface area contributed by atoms with E-state index in [2.05, 4.69) is 10.3 Å². The van der Waals surface area contributed by atoms with E-state index >= 15 is 0 Å². The van der Waals surface area contributed by atoms with Crippen molar-refractivity contribution in [3.8, 4) is 0 Å². The van der Waals surface area contributed by atoms with Crippen molar-refractivity contribution in [2.45, 2.75) is 44.5 Å². The molecule has 3 N–H and O–H groups in total. The highest BCUT2D eigenvalue weighted by atomic mass is 16.7. The molecule has 0 aromatic heterocycles. The minimum atomic E-state index is -0.829. The van der Waals surface area contributed by atoms with E-state index in [0.29, 0.717) is 6.61 Å². The maximum Gasteiger partial charge on any atom is 0.239 e. The number of carbonyl (C=O) groups excluding carboxylic acids is 1. The molecule has 1 amide bonds. The first-order valence-corrected chi connectivity index (χ1v) is 6.65. The topological polar surface area (TPSA) is 76.8 Å². The Labute approximate surface area is 108 Å². The number of carbonyl (C=O) groups is 1. The van der Waals surface area contributed by atoms with Gasteiger partial charge in [0.25, 0.3) is 0 Å². The predicted molar refractivity (Wildman–Crippen MR) is 66.5 cm³/mol. The first kappa shape index (κ1) is 13.7. The number of hydrogen-bond donors (Lipinski definition) is 2. The summed E-state index contributed by atoms with van der Waals surface area (Å²) < 4.78 is 11.4. The first-order chi connectivity index (χ1) is 8.61. The molecule has 0 unspecified atom stereocenters. The Hall–Kier alpha value is -0.690. The van der Waals surface area contributed by atoms with Crippen molar-refractivity contribution < 1.29 is 14.3 Å². The van der Waals surface area contributed by atoms with E-state index in [1.165, 1.54) is 19.3 Å². The Morgan fingerprint density at radius 2 is 2.17 bits per heavy atom. The molecule has 2 atom stereocenters. The third kappa shape index (κ3) is 3.65. The fraction of sp³-hybridized carbons (Fsp3) is 0.917. The molecule has 0 saturated carbocycles. The van der Waals surface area contributed by atoms with Gasteiger partial charge in [-0.3, -0.25) is 10.2 Å². The summed E-state index contributed by atoms with van der Waals surface area (Å²) in [5.41, 5.74) is 2.10. The summed E-state index contributed by atoms with van der Waals surface area (Å²) in [4.78, 5) is 13.7. The minimum Gasteiger partial charge on any atom is -0.347 e. The van der Waals surface area contributed by atoms with Crippen molar-refractivity contribution in [2.24, 2.45) is 5.84 Å². The molecule has 2 aliphatic heterocycles. The second kappa shape index (κ2) is 5.97. The SMILES string of the molecule is C[C@@]1(CC(=O)NN)OC[C@H](CN2CCCCC2)O1. The Morgan fingerprint density at radius 3 is 2.83 bits per heavy atom. The van der Waals surface area contributed by atoms with E-state index in [0.717, 1.165) is 19.6 Å². The van der Waals surface area contributed by atoms with Gasteiger partial charge in [-0.15, -0.1) is 0 Å². The van der Waals surface area contributed by atoms with Crippen LogP contribution in [0.4, 0.5) is 0 Å². The monoisotopic (exact) mass is 257 g/mol. The van der Waals surface area contributed by atoms with Crippen LogP contribution in [-0.2, 0) is 14.3 Å². The lowest BCUT2D eigenvalue weighted by Gasteiger charge is -2.29. The summed E-state index contributed by atoms with van der Waals surface area (Å²) >= 11 is 0. The van der Waals surface area contributed by atoms with Gasteiger partial charge >= 0.3 is 0 Å². The Bertz CT molecular complexity index is 294. The maximum atomic E-state index is 11.3. The Balaban J connectivity index is 1.78. The summed E-state index contributed by atoms with van der Waals surface area (Å²) in [5.74, 6) is 3.98. The fourth-order valence-electron chi connectivity index (χ4n) is 2.65. The number of nitrogens with zero attached hydrogens (tertiary/aromatic N) is 1. The summed E-state index contributed by atoms with van der Waals surface area (Å²) in [6.07, 6.45) is 4.05. The van der Waals surface area contributed by atoms with Crippen molar-refractivity contribution in [3.05, 3.63) is 0 Å². The van der Waals surface area contributed by atoms with Gasteiger partial charge in [-0.25, -0.2) is 5.84 Å². The maximum absolute atomic E-state index is 11.3. The molecule has 6 nitrogen and oxygen atoms in total. The number of nitrogens with one attached hydrogen (secondary N) is 1. The average molecular weight is 257 g/mol. The number of amides is 1. The number of ether oxygens (including phenoxy) is 2. The zero-order valence-electron chi connectivity index (χ0n) is 11.0. The van der Waals surface area contributed by atoms with E-state index in [-0.39, 0.29) is 18.4 Å². The molecule has 18 heavy (non-hydrogen) atoms. The average Bonchev–Trinajstić information content (AvgIpc) is 2.71. The van der Waals surface area contributed by atoms with Crippen LogP contribution in [0.2, 0.25) is 0 Å². The molecule has 2 fully saturated rings. The lowest BCUT2D eigenvalue weighted by Crippen LogP contribution is -2.40. The van der Waals surface area contributed by atoms with Crippen molar-refractivity contribution in [1.29, 1.82) is 0 Å². The van der Waals surface area contributed by atoms with Crippen LogP contribution in [0.3, 0.4) is 0 Å². The highest BCUT2D eigenvalue weighted by Gasteiger charge is 2.39. The molecule has 0 aliphatic carbocycles. The van der Waals surface area contributed by atoms with E-state index < -0.39 is 5.79 Å². The van der Waals surface area contributed by atoms with E-state index in [4.69, 9.17) is 15.3 Å². The first-order valence-electron chi connectivity index (χ1n) is 6.65. The van der Waals surface area contributed by atoms with Gasteiger partial charge in [-0.2, -0.15) is 0 Å². The molecule has 2 heterocycles. The molecule has 2 saturated heterocycles. The molecule has 2 rings (SSSR count). The zero-order chi connectivity index (χ0) is 13.0. The van der Waals surface area contributed by atoms with E-state index in [1.807, 2.05) is 0 Å². The molecule has 0 radical (unpaired) electrons. The standard InChI is InChI=1S/C12H23N3O3/c1-12(7-11(16)14-13)17-9-10(18-12)8-15-5-3-2-4-6-15/h10H,2-9,13H2,1H3,(H,14,16)/t10-,12+/m0/s1. The normalized spacial score (nSPS) is 33.6. The summed E-state index contributed by atoms with van der Waals surface area (Å²) in [6, 6.07) is 0. The molecule has 0 spiro atoms. The van der Waals surface area contributed by atoms with Gasteiger partial charge in [0.1, 0.15) is 0 Å². The number of rotatable bonds is 4. The van der Waals surface area contributed by atoms with Gasteiger partial charge in [0.15, 0.2) is 5.79 Å². The summed E-state index contributed by atoms with van der Waals surface area (Å²) in [7, 11) is 0. The molecule has 6 heteroatoms. The van der Waals surface area contributed by atoms with Crippen LogP contribution in [0.25, 0.3) is 0 Å². The molecular weight excluding hydrogens is 234 g/mol. The van der Waals surface area contributed by atoms with Gasteiger partial charge < -0.3 is 14.4 Å². The van der Waals surface area contributed by atoms with Gasteiger partial charge in [0.2, 0.25) is 5.91 Å². The Kier molecular flexibility index (Phi) is 4.55. The van der Waals surface area contributed by atoms with Crippen molar-refractivity contribution >= 4 is 5.91 Å². The highest BCUT2D eigenvalue weighted by Crippen LogP contribution is 2.27. The lowest BCUT2D eigenvalue weighted by molar-refractivity contribution is -0.168. The van der Waals surface area contributed by atoms with Gasteiger partial charge in [0, 0.05) is 6.54 Å². The molecule has 0 bridgehead atoms. The van der Waals surface area contributed by atoms with Crippen LogP contribution in [0.5, 0.6) is 0 Å². The second-order valence-corrected chi connectivity index (χ2v) is 5.29. The van der Waals surface area contributed by atoms with Gasteiger partial charge in [0.05, 0.1) is 19.1 Å². The van der Waals surface area contributed by atoms with Gasteiger partial charge in [-0.05, 0) is 32.9 Å². The number of hydrazine groups is 1. The smallest absolute Gasteiger partial charge is 0.239 e. The number of likely N-dealkylation sites (tertiary alicyclic amines) is 1. The van der Waals surface area contributed by atoms with Crippen LogP contribution in [-0.4, -0.2) is 48.9 Å². The molecule has 104 valence electrons. The van der Waals surface area contributed by atoms with Crippen LogP contribution in [0.15, 0.2) is 0 Å².